The Morgan fingerprint density at radius 1 is 1.38 bits per heavy atom. The van der Waals surface area contributed by atoms with E-state index < -0.39 is 8.07 Å². The second-order valence-corrected chi connectivity index (χ2v) is 8.92. The van der Waals surface area contributed by atoms with Crippen molar-refractivity contribution in [1.29, 1.82) is 0 Å². The zero-order valence-electron chi connectivity index (χ0n) is 9.28. The largest absolute Gasteiger partial charge is 0.132 e. The van der Waals surface area contributed by atoms with Crippen molar-refractivity contribution in [3.05, 3.63) is 24.3 Å². The molecule has 0 nitrogen and oxygen atoms in total. The topological polar surface area (TPSA) is 0 Å². The van der Waals surface area contributed by atoms with Crippen LogP contribution in [0.4, 0.5) is 0 Å². The van der Waals surface area contributed by atoms with E-state index in [9.17, 15) is 0 Å². The molecule has 0 aliphatic heterocycles. The van der Waals surface area contributed by atoms with Gasteiger partial charge in [-0.25, -0.2) is 0 Å². The molecule has 0 bridgehead atoms. The van der Waals surface area contributed by atoms with Crippen LogP contribution in [-0.2, 0) is 0 Å². The number of rotatable bonds is 3. The molecule has 0 aromatic heterocycles. The first-order valence-electron chi connectivity index (χ1n) is 4.74. The maximum atomic E-state index is 3.72. The zero-order chi connectivity index (χ0) is 10.3. The van der Waals surface area contributed by atoms with Gasteiger partial charge in [-0.2, -0.15) is 0 Å². The third-order valence-corrected chi connectivity index (χ3v) is 2.52. The SMILES string of the molecule is C=CC/C(=C\C)CC#C[Si](C)(C)C. The number of hydrogen-bond acceptors (Lipinski definition) is 0. The lowest BCUT2D eigenvalue weighted by atomic mass is 10.1. The summed E-state index contributed by atoms with van der Waals surface area (Å²) in [6, 6.07) is 0. The normalized spacial score (nSPS) is 11.8. The fourth-order valence-corrected chi connectivity index (χ4v) is 1.52. The third kappa shape index (κ3) is 7.61. The highest BCUT2D eigenvalue weighted by Gasteiger charge is 2.06. The van der Waals surface area contributed by atoms with Gasteiger partial charge in [0.25, 0.3) is 0 Å². The molecule has 0 saturated heterocycles. The van der Waals surface area contributed by atoms with E-state index in [-0.39, 0.29) is 0 Å². The molecule has 0 saturated carbocycles. The van der Waals surface area contributed by atoms with E-state index in [4.69, 9.17) is 0 Å². The molecule has 0 aromatic carbocycles. The van der Waals surface area contributed by atoms with Crippen LogP contribution in [0, 0.1) is 11.5 Å². The van der Waals surface area contributed by atoms with Gasteiger partial charge in [0, 0.05) is 6.42 Å². The Bertz CT molecular complexity index is 243. The van der Waals surface area contributed by atoms with Crippen molar-refractivity contribution in [3.8, 4) is 11.5 Å². The Morgan fingerprint density at radius 2 is 2.00 bits per heavy atom. The maximum Gasteiger partial charge on any atom is 0.129 e. The summed E-state index contributed by atoms with van der Waals surface area (Å²) in [6.07, 6.45) is 5.95. The molecule has 0 aliphatic carbocycles. The minimum absolute atomic E-state index is 0.910. The molecule has 13 heavy (non-hydrogen) atoms. The van der Waals surface area contributed by atoms with Gasteiger partial charge >= 0.3 is 0 Å². The van der Waals surface area contributed by atoms with Crippen LogP contribution in [0.2, 0.25) is 19.6 Å². The average molecular weight is 192 g/mol. The number of allylic oxidation sites excluding steroid dienone is 3. The second kappa shape index (κ2) is 5.83. The van der Waals surface area contributed by atoms with Crippen molar-refractivity contribution in [2.75, 3.05) is 0 Å². The average Bonchev–Trinajstić information content (AvgIpc) is 2.01. The Kier molecular flexibility index (Phi) is 5.49. The molecular weight excluding hydrogens is 172 g/mol. The Balaban J connectivity index is 4.11. The quantitative estimate of drug-likeness (QED) is 0.363. The fraction of sp³-hybridized carbons (Fsp3) is 0.500. The number of hydrogen-bond donors (Lipinski definition) is 0. The summed E-state index contributed by atoms with van der Waals surface area (Å²) in [7, 11) is -1.17. The van der Waals surface area contributed by atoms with Crippen molar-refractivity contribution >= 4 is 8.07 Å². The van der Waals surface area contributed by atoms with Gasteiger partial charge in [-0.05, 0) is 13.3 Å². The molecule has 0 aliphatic rings. The van der Waals surface area contributed by atoms with Gasteiger partial charge in [0.05, 0.1) is 0 Å². The molecule has 0 aromatic rings. The highest BCUT2D eigenvalue weighted by molar-refractivity contribution is 6.83. The minimum atomic E-state index is -1.17. The van der Waals surface area contributed by atoms with Crippen molar-refractivity contribution in [3.63, 3.8) is 0 Å². The molecule has 0 rings (SSSR count). The van der Waals surface area contributed by atoms with E-state index in [2.05, 4.69) is 50.7 Å². The summed E-state index contributed by atoms with van der Waals surface area (Å²) < 4.78 is 0. The van der Waals surface area contributed by atoms with Crippen LogP contribution in [0.25, 0.3) is 0 Å². The predicted octanol–water partition coefficient (Wildman–Crippen LogP) is 3.78. The monoisotopic (exact) mass is 192 g/mol. The van der Waals surface area contributed by atoms with Gasteiger partial charge in [-0.15, -0.1) is 18.0 Å². The molecule has 0 atom stereocenters. The van der Waals surface area contributed by atoms with Crippen LogP contribution < -0.4 is 0 Å². The van der Waals surface area contributed by atoms with E-state index >= 15 is 0 Å². The van der Waals surface area contributed by atoms with Crippen LogP contribution >= 0.6 is 0 Å². The molecule has 1 heteroatoms. The molecule has 0 unspecified atom stereocenters. The fourth-order valence-electron chi connectivity index (χ4n) is 0.900. The highest BCUT2D eigenvalue weighted by Crippen LogP contribution is 2.06. The molecule has 0 spiro atoms. The zero-order valence-corrected chi connectivity index (χ0v) is 10.3. The summed E-state index contributed by atoms with van der Waals surface area (Å²) in [5, 5.41) is 0. The smallest absolute Gasteiger partial charge is 0.129 e. The molecule has 0 N–H and O–H groups in total. The van der Waals surface area contributed by atoms with Gasteiger partial charge < -0.3 is 0 Å². The molecule has 0 radical (unpaired) electrons. The Labute approximate surface area is 83.8 Å². The summed E-state index contributed by atoms with van der Waals surface area (Å²) in [4.78, 5) is 0. The molecule has 72 valence electrons. The van der Waals surface area contributed by atoms with E-state index in [1.54, 1.807) is 0 Å². The molecule has 0 fully saturated rings. The van der Waals surface area contributed by atoms with Gasteiger partial charge in [0.15, 0.2) is 0 Å². The van der Waals surface area contributed by atoms with E-state index in [0.717, 1.165) is 12.8 Å². The highest BCUT2D eigenvalue weighted by atomic mass is 28.3. The molecular formula is C12H20Si. The Hall–Kier alpha value is -0.743. The van der Waals surface area contributed by atoms with E-state index in [1.165, 1.54) is 5.57 Å². The van der Waals surface area contributed by atoms with Crippen LogP contribution in [0.15, 0.2) is 24.3 Å². The first kappa shape index (κ1) is 12.3. The Morgan fingerprint density at radius 3 is 2.38 bits per heavy atom. The van der Waals surface area contributed by atoms with Crippen LogP contribution in [0.1, 0.15) is 19.8 Å². The van der Waals surface area contributed by atoms with Crippen molar-refractivity contribution in [2.45, 2.75) is 39.4 Å². The summed E-state index contributed by atoms with van der Waals surface area (Å²) in [5.41, 5.74) is 4.73. The summed E-state index contributed by atoms with van der Waals surface area (Å²) >= 11 is 0. The van der Waals surface area contributed by atoms with Crippen LogP contribution in [0.5, 0.6) is 0 Å². The third-order valence-electron chi connectivity index (χ3n) is 1.59. The second-order valence-electron chi connectivity index (χ2n) is 4.17. The van der Waals surface area contributed by atoms with Gasteiger partial charge in [0.2, 0.25) is 0 Å². The lowest BCUT2D eigenvalue weighted by molar-refractivity contribution is 1.12. The van der Waals surface area contributed by atoms with Crippen molar-refractivity contribution < 1.29 is 0 Å². The van der Waals surface area contributed by atoms with E-state index in [0.29, 0.717) is 0 Å². The first-order chi connectivity index (χ1) is 5.99. The summed E-state index contributed by atoms with van der Waals surface area (Å²) in [5.74, 6) is 3.26. The van der Waals surface area contributed by atoms with E-state index in [1.807, 2.05) is 6.08 Å². The lowest BCUT2D eigenvalue weighted by Crippen LogP contribution is -2.16. The van der Waals surface area contributed by atoms with Gasteiger partial charge in [0.1, 0.15) is 8.07 Å². The van der Waals surface area contributed by atoms with Crippen LogP contribution in [0.3, 0.4) is 0 Å². The molecule has 0 amide bonds. The van der Waals surface area contributed by atoms with Gasteiger partial charge in [-0.1, -0.05) is 37.4 Å². The van der Waals surface area contributed by atoms with Gasteiger partial charge in [-0.3, -0.25) is 0 Å². The van der Waals surface area contributed by atoms with Crippen molar-refractivity contribution in [2.24, 2.45) is 0 Å². The maximum absolute atomic E-state index is 3.72. The van der Waals surface area contributed by atoms with Crippen molar-refractivity contribution in [1.82, 2.24) is 0 Å². The standard InChI is InChI=1S/C12H20Si/c1-6-9-12(7-2)10-8-11-13(3,4)5/h6-7H,1,9-10H2,2-5H3/b12-7+. The minimum Gasteiger partial charge on any atom is -0.132 e. The molecule has 0 heterocycles. The lowest BCUT2D eigenvalue weighted by Gasteiger charge is -2.03. The first-order valence-corrected chi connectivity index (χ1v) is 8.24. The van der Waals surface area contributed by atoms with Crippen LogP contribution in [-0.4, -0.2) is 8.07 Å². The summed E-state index contributed by atoms with van der Waals surface area (Å²) in [6.45, 7) is 12.6. The predicted molar refractivity (Wildman–Crippen MR) is 64.3 cm³/mol.